The Morgan fingerprint density at radius 3 is 2.10 bits per heavy atom. The molecule has 0 aromatic rings. The van der Waals surface area contributed by atoms with E-state index in [0.717, 1.165) is 51.6 Å². The Labute approximate surface area is 126 Å². The molecule has 1 aliphatic carbocycles. The minimum absolute atomic E-state index is 0.224. The largest absolute Gasteiger partial charge is 0.481 e. The van der Waals surface area contributed by atoms with Gasteiger partial charge >= 0.3 is 12.0 Å². The molecule has 6 heteroatoms. The topological polar surface area (TPSA) is 81.7 Å². The van der Waals surface area contributed by atoms with Crippen LogP contribution in [0.1, 0.15) is 57.8 Å². The van der Waals surface area contributed by atoms with Crippen LogP contribution in [0.3, 0.4) is 0 Å². The maximum atomic E-state index is 11.9. The van der Waals surface area contributed by atoms with Crippen molar-refractivity contribution in [3.8, 4) is 0 Å². The number of hydrazine groups is 1. The van der Waals surface area contributed by atoms with Gasteiger partial charge in [0.15, 0.2) is 0 Å². The summed E-state index contributed by atoms with van der Waals surface area (Å²) in [5.74, 6) is -0.775. The fraction of sp³-hybridized carbons (Fsp3) is 0.867. The Kier molecular flexibility index (Phi) is 5.85. The second-order valence-corrected chi connectivity index (χ2v) is 6.34. The van der Waals surface area contributed by atoms with Crippen molar-refractivity contribution in [2.45, 2.75) is 57.8 Å². The van der Waals surface area contributed by atoms with Gasteiger partial charge in [0.25, 0.3) is 0 Å². The Morgan fingerprint density at radius 1 is 0.952 bits per heavy atom. The van der Waals surface area contributed by atoms with Crippen molar-refractivity contribution in [2.75, 3.05) is 19.6 Å². The van der Waals surface area contributed by atoms with Crippen LogP contribution in [-0.2, 0) is 4.79 Å². The summed E-state index contributed by atoms with van der Waals surface area (Å²) in [6.45, 7) is 1.97. The minimum atomic E-state index is -0.782. The number of hydrogen-bond acceptors (Lipinski definition) is 3. The van der Waals surface area contributed by atoms with Gasteiger partial charge in [-0.25, -0.2) is 9.80 Å². The Balaban J connectivity index is 1.83. The van der Waals surface area contributed by atoms with Crippen LogP contribution in [0.5, 0.6) is 0 Å². The summed E-state index contributed by atoms with van der Waals surface area (Å²) in [5.41, 5.74) is 2.04. The Morgan fingerprint density at radius 2 is 1.52 bits per heavy atom. The van der Waals surface area contributed by atoms with Gasteiger partial charge in [-0.2, -0.15) is 0 Å². The molecule has 6 nitrogen and oxygen atoms in total. The quantitative estimate of drug-likeness (QED) is 0.694. The normalized spacial score (nSPS) is 23.0. The van der Waals surface area contributed by atoms with Crippen molar-refractivity contribution in [3.63, 3.8) is 0 Å². The number of carbonyl (C=O) groups is 2. The van der Waals surface area contributed by atoms with Crippen molar-refractivity contribution < 1.29 is 14.7 Å². The van der Waals surface area contributed by atoms with E-state index < -0.39 is 11.4 Å². The average Bonchev–Trinajstić information content (AvgIpc) is 2.73. The third-order valence-corrected chi connectivity index (χ3v) is 4.72. The Hall–Kier alpha value is -1.30. The molecule has 2 rings (SSSR count). The molecule has 1 aliphatic heterocycles. The van der Waals surface area contributed by atoms with E-state index in [1.165, 1.54) is 6.42 Å². The summed E-state index contributed by atoms with van der Waals surface area (Å²) in [5, 5.41) is 14.3. The molecule has 0 unspecified atom stereocenters. The third-order valence-electron chi connectivity index (χ3n) is 4.72. The maximum absolute atomic E-state index is 11.9. The fourth-order valence-electron chi connectivity index (χ4n) is 3.31. The summed E-state index contributed by atoms with van der Waals surface area (Å²) >= 11 is 0. The van der Waals surface area contributed by atoms with Crippen LogP contribution in [0.15, 0.2) is 0 Å². The van der Waals surface area contributed by atoms with Crippen LogP contribution in [-0.4, -0.2) is 41.8 Å². The molecular weight excluding hydrogens is 270 g/mol. The zero-order valence-electron chi connectivity index (χ0n) is 12.7. The molecule has 0 bridgehead atoms. The number of nitrogens with one attached hydrogen (secondary N) is 2. The van der Waals surface area contributed by atoms with Gasteiger partial charge in [0.2, 0.25) is 0 Å². The second kappa shape index (κ2) is 7.64. The molecule has 0 aromatic heterocycles. The molecule has 0 atom stereocenters. The van der Waals surface area contributed by atoms with Crippen LogP contribution in [0.2, 0.25) is 0 Å². The van der Waals surface area contributed by atoms with E-state index in [0.29, 0.717) is 12.8 Å². The first-order valence-electron chi connectivity index (χ1n) is 8.15. The van der Waals surface area contributed by atoms with E-state index in [4.69, 9.17) is 0 Å². The van der Waals surface area contributed by atoms with Crippen LogP contribution >= 0.6 is 0 Å². The lowest BCUT2D eigenvalue weighted by molar-refractivity contribution is -0.149. The molecule has 1 heterocycles. The third kappa shape index (κ3) is 4.59. The minimum Gasteiger partial charge on any atom is -0.481 e. The van der Waals surface area contributed by atoms with Crippen LogP contribution in [0.4, 0.5) is 4.79 Å². The van der Waals surface area contributed by atoms with Crippen molar-refractivity contribution in [2.24, 2.45) is 5.41 Å². The van der Waals surface area contributed by atoms with Crippen molar-refractivity contribution in [1.29, 1.82) is 0 Å². The summed E-state index contributed by atoms with van der Waals surface area (Å²) in [7, 11) is 0. The first-order valence-corrected chi connectivity index (χ1v) is 8.15. The summed E-state index contributed by atoms with van der Waals surface area (Å²) in [6, 6.07) is -0.276. The maximum Gasteiger partial charge on any atom is 0.329 e. The van der Waals surface area contributed by atoms with E-state index in [1.54, 1.807) is 0 Å². The first kappa shape index (κ1) is 16.1. The standard InChI is InChI=1S/C15H27N3O3/c19-13(20)15(8-4-1-2-5-9-15)12-16-14(21)17-18-10-6-3-7-11-18/h1-12H2,(H,19,20)(H2,16,17,21). The average molecular weight is 297 g/mol. The zero-order valence-corrected chi connectivity index (χ0v) is 12.7. The van der Waals surface area contributed by atoms with Gasteiger partial charge in [0, 0.05) is 19.6 Å². The predicted octanol–water partition coefficient (Wildman–Crippen LogP) is 2.11. The molecule has 0 radical (unpaired) electrons. The van der Waals surface area contributed by atoms with Crippen LogP contribution in [0.25, 0.3) is 0 Å². The SMILES string of the molecule is O=C(NCC1(C(=O)O)CCCCCC1)NN1CCCCC1. The number of nitrogens with zero attached hydrogens (tertiary/aromatic N) is 1. The molecule has 3 N–H and O–H groups in total. The lowest BCUT2D eigenvalue weighted by atomic mass is 9.80. The predicted molar refractivity (Wildman–Crippen MR) is 79.7 cm³/mol. The van der Waals surface area contributed by atoms with Crippen LogP contribution < -0.4 is 10.7 Å². The first-order chi connectivity index (χ1) is 10.1. The molecular formula is C15H27N3O3. The van der Waals surface area contributed by atoms with E-state index in [9.17, 15) is 14.7 Å². The second-order valence-electron chi connectivity index (χ2n) is 6.34. The number of rotatable bonds is 4. The fourth-order valence-corrected chi connectivity index (χ4v) is 3.31. The van der Waals surface area contributed by atoms with Gasteiger partial charge in [0.05, 0.1) is 5.41 Å². The lowest BCUT2D eigenvalue weighted by Gasteiger charge is -2.30. The lowest BCUT2D eigenvalue weighted by Crippen LogP contribution is -2.52. The number of carbonyl (C=O) groups excluding carboxylic acids is 1. The highest BCUT2D eigenvalue weighted by atomic mass is 16.4. The van der Waals surface area contributed by atoms with Crippen LogP contribution in [0, 0.1) is 5.41 Å². The molecule has 21 heavy (non-hydrogen) atoms. The van der Waals surface area contributed by atoms with Crippen molar-refractivity contribution >= 4 is 12.0 Å². The molecule has 2 aliphatic rings. The monoisotopic (exact) mass is 297 g/mol. The number of piperidine rings is 1. The highest BCUT2D eigenvalue weighted by Gasteiger charge is 2.38. The molecule has 2 fully saturated rings. The highest BCUT2D eigenvalue weighted by molar-refractivity contribution is 5.78. The molecule has 0 spiro atoms. The van der Waals surface area contributed by atoms with Gasteiger partial charge in [-0.3, -0.25) is 10.2 Å². The van der Waals surface area contributed by atoms with E-state index in [1.807, 2.05) is 5.01 Å². The zero-order chi connectivity index (χ0) is 15.1. The molecule has 1 saturated carbocycles. The van der Waals surface area contributed by atoms with E-state index in [2.05, 4.69) is 10.7 Å². The summed E-state index contributed by atoms with van der Waals surface area (Å²) in [4.78, 5) is 23.6. The Bertz CT molecular complexity index is 359. The number of amides is 2. The molecule has 0 aromatic carbocycles. The van der Waals surface area contributed by atoms with Gasteiger partial charge < -0.3 is 10.4 Å². The van der Waals surface area contributed by atoms with Crippen molar-refractivity contribution in [3.05, 3.63) is 0 Å². The van der Waals surface area contributed by atoms with Gasteiger partial charge in [0.1, 0.15) is 0 Å². The summed E-state index contributed by atoms with van der Waals surface area (Å²) < 4.78 is 0. The number of urea groups is 1. The van der Waals surface area contributed by atoms with E-state index in [-0.39, 0.29) is 12.6 Å². The number of carboxylic acids is 1. The number of carboxylic acid groups (broad SMARTS) is 1. The number of aliphatic carboxylic acids is 1. The number of hydrogen-bond donors (Lipinski definition) is 3. The highest BCUT2D eigenvalue weighted by Crippen LogP contribution is 2.34. The molecule has 1 saturated heterocycles. The molecule has 120 valence electrons. The van der Waals surface area contributed by atoms with Gasteiger partial charge in [-0.1, -0.05) is 32.1 Å². The van der Waals surface area contributed by atoms with Gasteiger partial charge in [-0.15, -0.1) is 0 Å². The van der Waals surface area contributed by atoms with Crippen molar-refractivity contribution in [1.82, 2.24) is 15.8 Å². The smallest absolute Gasteiger partial charge is 0.329 e. The van der Waals surface area contributed by atoms with Gasteiger partial charge in [-0.05, 0) is 25.7 Å². The summed E-state index contributed by atoms with van der Waals surface area (Å²) in [6.07, 6.45) is 8.77. The molecule has 2 amide bonds. The van der Waals surface area contributed by atoms with E-state index >= 15 is 0 Å².